The van der Waals surface area contributed by atoms with Crippen LogP contribution in [0, 0.1) is 0 Å². The Labute approximate surface area is 191 Å². The van der Waals surface area contributed by atoms with Crippen molar-refractivity contribution in [3.63, 3.8) is 0 Å². The van der Waals surface area contributed by atoms with Crippen LogP contribution in [0.5, 0.6) is 0 Å². The fraction of sp³-hybridized carbons (Fsp3) is 0.455. The number of pyridine rings is 1. The first kappa shape index (κ1) is 25.2. The molecule has 0 radical (unpaired) electrons. The van der Waals surface area contributed by atoms with Crippen LogP contribution in [0.15, 0.2) is 53.7 Å². The van der Waals surface area contributed by atoms with E-state index >= 15 is 0 Å². The number of nitrogens with one attached hydrogen (secondary N) is 2. The summed E-state index contributed by atoms with van der Waals surface area (Å²) in [5, 5.41) is 17.2. The molecule has 0 amide bonds. The molecule has 1 unspecified atom stereocenters. The van der Waals surface area contributed by atoms with E-state index in [0.29, 0.717) is 19.0 Å². The number of aliphatic imine (C=N–C) groups is 1. The molecule has 0 aliphatic heterocycles. The molecule has 0 saturated heterocycles. The van der Waals surface area contributed by atoms with Gasteiger partial charge in [-0.15, -0.1) is 24.0 Å². The number of halogens is 1. The summed E-state index contributed by atoms with van der Waals surface area (Å²) >= 11 is 0. The average molecular weight is 511 g/mol. The number of hydrogen-bond donors (Lipinski definition) is 3. The summed E-state index contributed by atoms with van der Waals surface area (Å²) in [5.41, 5.74) is 0.933. The van der Waals surface area contributed by atoms with Crippen LogP contribution in [0.25, 0.3) is 0 Å². The predicted molar refractivity (Wildman–Crippen MR) is 132 cm³/mol. The van der Waals surface area contributed by atoms with Crippen LogP contribution >= 0.6 is 24.0 Å². The van der Waals surface area contributed by atoms with Crippen LogP contribution in [0.4, 0.5) is 5.82 Å². The molecule has 2 aromatic rings. The van der Waals surface area contributed by atoms with E-state index in [2.05, 4.69) is 45.4 Å². The van der Waals surface area contributed by atoms with Gasteiger partial charge in [0.1, 0.15) is 11.4 Å². The minimum Gasteiger partial charge on any atom is -0.384 e. The Morgan fingerprint density at radius 1 is 1.07 bits per heavy atom. The molecule has 0 spiro atoms. The van der Waals surface area contributed by atoms with Gasteiger partial charge in [0.2, 0.25) is 0 Å². The average Bonchev–Trinajstić information content (AvgIpc) is 2.72. The normalized spacial score (nSPS) is 13.2. The summed E-state index contributed by atoms with van der Waals surface area (Å²) < 4.78 is 0. The van der Waals surface area contributed by atoms with E-state index in [0.717, 1.165) is 36.6 Å². The molecule has 0 aliphatic rings. The van der Waals surface area contributed by atoms with Gasteiger partial charge in [0.15, 0.2) is 5.96 Å². The van der Waals surface area contributed by atoms with E-state index in [-0.39, 0.29) is 24.0 Å². The second-order valence-electron chi connectivity index (χ2n) is 6.89. The van der Waals surface area contributed by atoms with Crippen LogP contribution in [-0.2, 0) is 12.1 Å². The zero-order valence-corrected chi connectivity index (χ0v) is 20.2. The zero-order valence-electron chi connectivity index (χ0n) is 17.9. The largest absolute Gasteiger partial charge is 0.384 e. The predicted octanol–water partition coefficient (Wildman–Crippen LogP) is 3.51. The highest BCUT2D eigenvalue weighted by Crippen LogP contribution is 2.18. The van der Waals surface area contributed by atoms with Gasteiger partial charge in [-0.05, 0) is 44.9 Å². The van der Waals surface area contributed by atoms with Crippen molar-refractivity contribution in [1.82, 2.24) is 15.6 Å². The highest BCUT2D eigenvalue weighted by molar-refractivity contribution is 14.0. The minimum atomic E-state index is -0.982. The van der Waals surface area contributed by atoms with Crippen molar-refractivity contribution < 1.29 is 5.11 Å². The highest BCUT2D eigenvalue weighted by atomic mass is 127. The molecule has 0 bridgehead atoms. The van der Waals surface area contributed by atoms with E-state index in [9.17, 15) is 5.11 Å². The summed E-state index contributed by atoms with van der Waals surface area (Å²) in [6.07, 6.45) is 1.88. The summed E-state index contributed by atoms with van der Waals surface area (Å²) in [4.78, 5) is 11.4. The van der Waals surface area contributed by atoms with Gasteiger partial charge in [-0.3, -0.25) is 0 Å². The smallest absolute Gasteiger partial charge is 0.191 e. The van der Waals surface area contributed by atoms with E-state index in [1.54, 1.807) is 6.92 Å². The minimum absolute atomic E-state index is 0. The third kappa shape index (κ3) is 7.81. The van der Waals surface area contributed by atoms with E-state index in [1.807, 2.05) is 49.5 Å². The summed E-state index contributed by atoms with van der Waals surface area (Å²) in [5.74, 6) is 1.66. The Balaban J connectivity index is 0.00000420. The van der Waals surface area contributed by atoms with Crippen LogP contribution in [0.3, 0.4) is 0 Å². The lowest BCUT2D eigenvalue weighted by molar-refractivity contribution is 0.0617. The number of aliphatic hydroxyl groups is 1. The maximum Gasteiger partial charge on any atom is 0.191 e. The monoisotopic (exact) mass is 511 g/mol. The quantitative estimate of drug-likeness (QED) is 0.273. The van der Waals surface area contributed by atoms with Gasteiger partial charge < -0.3 is 20.6 Å². The molecule has 1 aromatic carbocycles. The van der Waals surface area contributed by atoms with Gasteiger partial charge in [-0.2, -0.15) is 0 Å². The lowest BCUT2D eigenvalue weighted by Gasteiger charge is -2.25. The molecule has 2 rings (SSSR count). The first-order valence-corrected chi connectivity index (χ1v) is 10.00. The van der Waals surface area contributed by atoms with E-state index < -0.39 is 5.60 Å². The number of nitrogens with zero attached hydrogens (tertiary/aromatic N) is 3. The molecular weight excluding hydrogens is 477 g/mol. The van der Waals surface area contributed by atoms with Gasteiger partial charge in [-0.1, -0.05) is 36.4 Å². The molecule has 0 aliphatic carbocycles. The van der Waals surface area contributed by atoms with Crippen LogP contribution < -0.4 is 15.5 Å². The van der Waals surface area contributed by atoms with E-state index in [1.165, 1.54) is 0 Å². The van der Waals surface area contributed by atoms with Gasteiger partial charge in [0.05, 0.1) is 13.1 Å². The van der Waals surface area contributed by atoms with Crippen LogP contribution in [0.2, 0.25) is 0 Å². The summed E-state index contributed by atoms with van der Waals surface area (Å²) in [6.45, 7) is 11.6. The Morgan fingerprint density at radius 2 is 1.76 bits per heavy atom. The third-order valence-corrected chi connectivity index (χ3v) is 4.66. The number of rotatable bonds is 9. The molecule has 1 atom stereocenters. The molecular formula is C22H34IN5O. The van der Waals surface area contributed by atoms with Crippen molar-refractivity contribution in [2.45, 2.75) is 39.8 Å². The fourth-order valence-electron chi connectivity index (χ4n) is 2.91. The molecule has 1 aromatic heterocycles. The topological polar surface area (TPSA) is 72.8 Å². The number of guanidine groups is 1. The second-order valence-corrected chi connectivity index (χ2v) is 6.89. The maximum absolute atomic E-state index is 10.8. The lowest BCUT2D eigenvalue weighted by atomic mass is 9.96. The van der Waals surface area contributed by atoms with Gasteiger partial charge in [0, 0.05) is 25.8 Å². The van der Waals surface area contributed by atoms with Gasteiger partial charge in [0.25, 0.3) is 0 Å². The van der Waals surface area contributed by atoms with E-state index in [4.69, 9.17) is 0 Å². The van der Waals surface area contributed by atoms with Crippen molar-refractivity contribution in [1.29, 1.82) is 0 Å². The van der Waals surface area contributed by atoms with Crippen LogP contribution in [0.1, 0.15) is 38.8 Å². The Kier molecular flexibility index (Phi) is 11.0. The molecule has 1 heterocycles. The molecule has 6 nitrogen and oxygen atoms in total. The number of aromatic nitrogens is 1. The van der Waals surface area contributed by atoms with Crippen molar-refractivity contribution in [2.75, 3.05) is 31.1 Å². The van der Waals surface area contributed by atoms with Gasteiger partial charge in [-0.25, -0.2) is 9.98 Å². The number of benzene rings is 1. The molecule has 29 heavy (non-hydrogen) atoms. The number of hydrogen-bond acceptors (Lipinski definition) is 4. The summed E-state index contributed by atoms with van der Waals surface area (Å²) in [7, 11) is 0. The van der Waals surface area contributed by atoms with Gasteiger partial charge >= 0.3 is 0 Å². The van der Waals surface area contributed by atoms with Crippen molar-refractivity contribution >= 4 is 35.8 Å². The first-order valence-electron chi connectivity index (χ1n) is 10.00. The SMILES string of the molecule is CCNC(=NCc1ccc(N(CC)CC)nc1)NCC(C)(O)c1ccccc1.I. The second kappa shape index (κ2) is 12.6. The van der Waals surface area contributed by atoms with Crippen LogP contribution in [-0.4, -0.2) is 42.2 Å². The highest BCUT2D eigenvalue weighted by Gasteiger charge is 2.22. The molecule has 160 valence electrons. The molecule has 0 saturated carbocycles. The molecule has 7 heteroatoms. The Morgan fingerprint density at radius 3 is 2.31 bits per heavy atom. The standard InChI is InChI=1S/C22H33N5O.HI/c1-5-23-21(26-17-22(4,28)19-11-9-8-10-12-19)25-16-18-13-14-20(24-15-18)27(6-2)7-3;/h8-15,28H,5-7,16-17H2,1-4H3,(H2,23,25,26);1H. The maximum atomic E-state index is 10.8. The lowest BCUT2D eigenvalue weighted by Crippen LogP contribution is -2.44. The Bertz CT molecular complexity index is 731. The molecule has 0 fully saturated rings. The van der Waals surface area contributed by atoms with Crippen molar-refractivity contribution in [3.8, 4) is 0 Å². The molecule has 3 N–H and O–H groups in total. The first-order chi connectivity index (χ1) is 13.5. The Hall–Kier alpha value is -1.87. The zero-order chi connectivity index (χ0) is 20.4. The van der Waals surface area contributed by atoms with Crippen molar-refractivity contribution in [2.24, 2.45) is 4.99 Å². The third-order valence-electron chi connectivity index (χ3n) is 4.66. The van der Waals surface area contributed by atoms with Crippen molar-refractivity contribution in [3.05, 3.63) is 59.8 Å². The number of anilines is 1. The summed E-state index contributed by atoms with van der Waals surface area (Å²) in [6, 6.07) is 13.8. The fourth-order valence-corrected chi connectivity index (χ4v) is 2.91.